The van der Waals surface area contributed by atoms with Crippen LogP contribution in [0.5, 0.6) is 0 Å². The summed E-state index contributed by atoms with van der Waals surface area (Å²) in [6, 6.07) is 2.98. The van der Waals surface area contributed by atoms with Crippen LogP contribution in [0.15, 0.2) is 0 Å². The number of nitrogens with zero attached hydrogens (tertiary/aromatic N) is 1. The van der Waals surface area contributed by atoms with E-state index in [1.807, 2.05) is 32.4 Å². The van der Waals surface area contributed by atoms with Crippen LogP contribution in [0.4, 0.5) is 0 Å². The third-order valence-corrected chi connectivity index (χ3v) is 1.09. The lowest BCUT2D eigenvalue weighted by Crippen LogP contribution is -2.03. The van der Waals surface area contributed by atoms with Gasteiger partial charge >= 0.3 is 0 Å². The van der Waals surface area contributed by atoms with E-state index in [4.69, 9.17) is 0 Å². The Hall–Kier alpha value is -0.770. The fourth-order valence-corrected chi connectivity index (χ4v) is 0.309. The molecule has 0 aromatic heterocycles. The summed E-state index contributed by atoms with van der Waals surface area (Å²) < 4.78 is 1.93. The summed E-state index contributed by atoms with van der Waals surface area (Å²) in [5.74, 6) is 2.98. The maximum atomic E-state index is 2.98. The van der Waals surface area contributed by atoms with Crippen molar-refractivity contribution in [1.82, 2.24) is 0 Å². The Kier molecular flexibility index (Phi) is 3.79. The van der Waals surface area contributed by atoms with Gasteiger partial charge in [0.2, 0.25) is 6.04 Å². The third kappa shape index (κ3) is 3.78. The van der Waals surface area contributed by atoms with Gasteiger partial charge in [0.25, 0.3) is 0 Å². The Morgan fingerprint density at radius 1 is 1.44 bits per heavy atom. The molecule has 0 atom stereocenters. The minimum Gasteiger partial charge on any atom is -0.155 e. The molecule has 0 fully saturated rings. The lowest BCUT2D eigenvalue weighted by Gasteiger charge is -1.81. The lowest BCUT2D eigenvalue weighted by molar-refractivity contribution is -0.400. The molecule has 50 valence electrons. The molecule has 0 aromatic carbocycles. The zero-order chi connectivity index (χ0) is 7.28. The van der Waals surface area contributed by atoms with E-state index in [0.29, 0.717) is 0 Å². The minimum atomic E-state index is 0.928. The van der Waals surface area contributed by atoms with Gasteiger partial charge in [-0.3, -0.25) is 0 Å². The summed E-state index contributed by atoms with van der Waals surface area (Å²) in [5, 5.41) is 0. The Balaban J connectivity index is 4.07. The van der Waals surface area contributed by atoms with E-state index in [-0.39, 0.29) is 0 Å². The minimum absolute atomic E-state index is 0.928. The first-order chi connectivity index (χ1) is 4.18. The second-order valence-electron chi connectivity index (χ2n) is 2.15. The summed E-state index contributed by atoms with van der Waals surface area (Å²) in [6.45, 7) is 6.14. The molecule has 0 aliphatic carbocycles. The molecule has 0 spiro atoms. The first-order valence-electron chi connectivity index (χ1n) is 3.21. The second kappa shape index (κ2) is 4.14. The number of hydrogen-bond acceptors (Lipinski definition) is 0. The normalized spacial score (nSPS) is 7.56. The van der Waals surface area contributed by atoms with Crippen LogP contribution in [0.2, 0.25) is 0 Å². The van der Waals surface area contributed by atoms with Crippen LogP contribution in [-0.4, -0.2) is 17.3 Å². The first-order valence-corrected chi connectivity index (χ1v) is 3.21. The van der Waals surface area contributed by atoms with Crippen molar-refractivity contribution in [3.8, 4) is 12.0 Å². The van der Waals surface area contributed by atoms with Crippen molar-refractivity contribution in [3.63, 3.8) is 0 Å². The topological polar surface area (TPSA) is 3.01 Å². The van der Waals surface area contributed by atoms with E-state index < -0.39 is 0 Å². The van der Waals surface area contributed by atoms with E-state index in [1.165, 1.54) is 5.71 Å². The van der Waals surface area contributed by atoms with Gasteiger partial charge < -0.3 is 0 Å². The van der Waals surface area contributed by atoms with Gasteiger partial charge in [-0.15, -0.1) is 0 Å². The van der Waals surface area contributed by atoms with Crippen molar-refractivity contribution >= 4 is 5.71 Å². The highest BCUT2D eigenvalue weighted by atomic mass is 14.9. The molecule has 1 nitrogen and oxygen atoms in total. The van der Waals surface area contributed by atoms with E-state index in [1.54, 1.807) is 0 Å². The molecule has 0 N–H and O–H groups in total. The highest BCUT2D eigenvalue weighted by molar-refractivity contribution is 5.74. The van der Waals surface area contributed by atoms with Gasteiger partial charge in [0.05, 0.1) is 0 Å². The molecule has 0 saturated heterocycles. The molecule has 0 unspecified atom stereocenters. The molecule has 0 aliphatic heterocycles. The molecule has 0 radical (unpaired) electrons. The highest BCUT2D eigenvalue weighted by Gasteiger charge is 1.90. The van der Waals surface area contributed by atoms with Crippen LogP contribution in [0.25, 0.3) is 0 Å². The summed E-state index contributed by atoms with van der Waals surface area (Å²) in [7, 11) is 1.97. The molecule has 0 amide bonds. The molecule has 0 aromatic rings. The smallest absolute Gasteiger partial charge is 0.155 e. The predicted octanol–water partition coefficient (Wildman–Crippen LogP) is 1.48. The van der Waals surface area contributed by atoms with E-state index in [2.05, 4.69) is 12.0 Å². The molecule has 0 heterocycles. The van der Waals surface area contributed by atoms with Crippen molar-refractivity contribution in [3.05, 3.63) is 0 Å². The van der Waals surface area contributed by atoms with Crippen molar-refractivity contribution < 1.29 is 4.58 Å². The average molecular weight is 124 g/mol. The molecule has 0 rings (SSSR count). The van der Waals surface area contributed by atoms with Gasteiger partial charge in [0.1, 0.15) is 7.05 Å². The molecule has 1 heteroatoms. The van der Waals surface area contributed by atoms with Gasteiger partial charge in [-0.2, -0.15) is 4.58 Å². The quantitative estimate of drug-likeness (QED) is 0.199. The van der Waals surface area contributed by atoms with Gasteiger partial charge in [-0.05, 0) is 5.92 Å². The monoisotopic (exact) mass is 124 g/mol. The maximum absolute atomic E-state index is 2.98. The maximum Gasteiger partial charge on any atom is 0.222 e. The molecular formula is C8H14N+. The van der Waals surface area contributed by atoms with E-state index in [0.717, 1.165) is 6.42 Å². The number of rotatable bonds is 0. The zero-order valence-electron chi connectivity index (χ0n) is 6.65. The highest BCUT2D eigenvalue weighted by Crippen LogP contribution is 1.72. The fourth-order valence-electron chi connectivity index (χ4n) is 0.309. The standard InChI is InChI=1S/C8H14N/c1-5-6-7-9(4)8(2)3/h5H2,1-4H3/q+1. The van der Waals surface area contributed by atoms with Gasteiger partial charge in [-0.1, -0.05) is 6.92 Å². The number of hydrogen-bond donors (Lipinski definition) is 0. The summed E-state index contributed by atoms with van der Waals surface area (Å²) in [5.41, 5.74) is 1.23. The second-order valence-corrected chi connectivity index (χ2v) is 2.15. The van der Waals surface area contributed by atoms with Crippen LogP contribution >= 0.6 is 0 Å². The van der Waals surface area contributed by atoms with Gasteiger partial charge in [0.15, 0.2) is 5.71 Å². The van der Waals surface area contributed by atoms with Crippen molar-refractivity contribution in [2.24, 2.45) is 0 Å². The largest absolute Gasteiger partial charge is 0.222 e. The van der Waals surface area contributed by atoms with Crippen molar-refractivity contribution in [2.45, 2.75) is 27.2 Å². The molecule has 0 saturated carbocycles. The summed E-state index contributed by atoms with van der Waals surface area (Å²) >= 11 is 0. The van der Waals surface area contributed by atoms with E-state index in [9.17, 15) is 0 Å². The van der Waals surface area contributed by atoms with Crippen LogP contribution in [-0.2, 0) is 0 Å². The Bertz CT molecular complexity index is 163. The van der Waals surface area contributed by atoms with Crippen LogP contribution in [0.3, 0.4) is 0 Å². The lowest BCUT2D eigenvalue weighted by atomic mass is 10.4. The van der Waals surface area contributed by atoms with Crippen LogP contribution < -0.4 is 0 Å². The Morgan fingerprint density at radius 2 is 2.00 bits per heavy atom. The molecular weight excluding hydrogens is 110 g/mol. The van der Waals surface area contributed by atoms with Gasteiger partial charge in [-0.25, -0.2) is 0 Å². The fraction of sp³-hybridized carbons (Fsp3) is 0.625. The van der Waals surface area contributed by atoms with Gasteiger partial charge in [0, 0.05) is 20.3 Å². The summed E-state index contributed by atoms with van der Waals surface area (Å²) in [6.07, 6.45) is 0.928. The molecule has 9 heavy (non-hydrogen) atoms. The van der Waals surface area contributed by atoms with E-state index >= 15 is 0 Å². The summed E-state index contributed by atoms with van der Waals surface area (Å²) in [4.78, 5) is 0. The predicted molar refractivity (Wildman–Crippen MR) is 40.6 cm³/mol. The average Bonchev–Trinajstić information content (AvgIpc) is 1.82. The first kappa shape index (κ1) is 8.23. The molecule has 0 bridgehead atoms. The SMILES string of the molecule is CCC#C[N+](C)=C(C)C. The van der Waals surface area contributed by atoms with Crippen LogP contribution in [0.1, 0.15) is 27.2 Å². The van der Waals surface area contributed by atoms with Crippen LogP contribution in [0, 0.1) is 12.0 Å². The molecule has 0 aliphatic rings. The van der Waals surface area contributed by atoms with Crippen molar-refractivity contribution in [1.29, 1.82) is 0 Å². The Morgan fingerprint density at radius 3 is 2.33 bits per heavy atom. The zero-order valence-corrected chi connectivity index (χ0v) is 6.65. The third-order valence-electron chi connectivity index (χ3n) is 1.09. The Labute approximate surface area is 57.4 Å². The van der Waals surface area contributed by atoms with Crippen molar-refractivity contribution in [2.75, 3.05) is 7.05 Å².